The fourth-order valence-corrected chi connectivity index (χ4v) is 1.80. The van der Waals surface area contributed by atoms with Crippen LogP contribution in [0.25, 0.3) is 6.08 Å². The van der Waals surface area contributed by atoms with E-state index in [1.54, 1.807) is 13.2 Å². The van der Waals surface area contributed by atoms with Crippen LogP contribution in [0.1, 0.15) is 5.69 Å². The van der Waals surface area contributed by atoms with Gasteiger partial charge in [-0.05, 0) is 6.08 Å². The van der Waals surface area contributed by atoms with Crippen molar-refractivity contribution in [3.05, 3.63) is 17.2 Å². The molecule has 0 fully saturated rings. The van der Waals surface area contributed by atoms with E-state index in [-0.39, 0.29) is 5.96 Å². The second-order valence-corrected chi connectivity index (χ2v) is 4.07. The number of nitrogens with zero attached hydrogens (tertiary/aromatic N) is 3. The van der Waals surface area contributed by atoms with Gasteiger partial charge in [0.2, 0.25) is 12.2 Å². The molecule has 0 aliphatic rings. The van der Waals surface area contributed by atoms with Crippen molar-refractivity contribution in [3.63, 3.8) is 0 Å². The highest BCUT2D eigenvalue weighted by Gasteiger charge is 1.99. The fourth-order valence-electron chi connectivity index (χ4n) is 1.10. The quantitative estimate of drug-likeness (QED) is 0.301. The Bertz CT molecular complexity index is 524. The molecule has 0 saturated heterocycles. The van der Waals surface area contributed by atoms with Crippen molar-refractivity contribution in [2.75, 3.05) is 18.9 Å². The van der Waals surface area contributed by atoms with Crippen LogP contribution in [-0.2, 0) is 0 Å². The van der Waals surface area contributed by atoms with Crippen LogP contribution < -0.4 is 21.7 Å². The zero-order valence-electron chi connectivity index (χ0n) is 10.3. The number of aliphatic imine (C=N–C) groups is 1. The first kappa shape index (κ1) is 14.5. The minimum Gasteiger partial charge on any atom is -0.370 e. The van der Waals surface area contributed by atoms with Crippen molar-refractivity contribution in [1.82, 2.24) is 15.6 Å². The second-order valence-electron chi connectivity index (χ2n) is 3.21. The molecule has 0 bridgehead atoms. The largest absolute Gasteiger partial charge is 0.370 e. The number of thiazole rings is 1. The molecular weight excluding hydrogens is 264 g/mol. The van der Waals surface area contributed by atoms with E-state index >= 15 is 0 Å². The van der Waals surface area contributed by atoms with Gasteiger partial charge in [-0.2, -0.15) is 5.26 Å². The van der Waals surface area contributed by atoms with Crippen LogP contribution in [0, 0.1) is 16.9 Å². The summed E-state index contributed by atoms with van der Waals surface area (Å²) in [7, 11) is 1.67. The number of anilines is 1. The summed E-state index contributed by atoms with van der Waals surface area (Å²) in [5, 5.41) is 26.2. The number of aromatic nitrogens is 1. The van der Waals surface area contributed by atoms with Gasteiger partial charge in [0.1, 0.15) is 0 Å². The predicted molar refractivity (Wildman–Crippen MR) is 76.8 cm³/mol. The molecule has 0 unspecified atom stereocenters. The van der Waals surface area contributed by atoms with Crippen LogP contribution in [0.4, 0.5) is 5.13 Å². The molecule has 1 aromatic heterocycles. The van der Waals surface area contributed by atoms with E-state index in [1.807, 2.05) is 17.5 Å². The van der Waals surface area contributed by atoms with Gasteiger partial charge in [0.05, 0.1) is 5.69 Å². The third-order valence-electron chi connectivity index (χ3n) is 1.84. The summed E-state index contributed by atoms with van der Waals surface area (Å²) in [5.41, 5.74) is 5.96. The Balaban J connectivity index is 2.45. The van der Waals surface area contributed by atoms with Gasteiger partial charge in [0.25, 0.3) is 0 Å². The van der Waals surface area contributed by atoms with Crippen LogP contribution in [0.5, 0.6) is 0 Å². The number of nitrogens with two attached hydrogens (primary N) is 1. The molecule has 100 valence electrons. The first-order valence-electron chi connectivity index (χ1n) is 5.27. The van der Waals surface area contributed by atoms with Crippen molar-refractivity contribution < 1.29 is 0 Å². The maximum Gasteiger partial charge on any atom is 0.209 e. The van der Waals surface area contributed by atoms with E-state index in [0.717, 1.165) is 5.69 Å². The molecule has 0 saturated carbocycles. The Hall–Kier alpha value is -2.60. The summed E-state index contributed by atoms with van der Waals surface area (Å²) >= 11 is 1.36. The maximum atomic E-state index is 8.40. The van der Waals surface area contributed by atoms with Gasteiger partial charge < -0.3 is 21.7 Å². The van der Waals surface area contributed by atoms with Crippen molar-refractivity contribution in [2.45, 2.75) is 0 Å². The first-order chi connectivity index (χ1) is 9.15. The molecule has 1 heterocycles. The SMILES string of the molecule is CN/C(=N\C#N)NCC=Cc1csc(NC(=N)N)n1. The van der Waals surface area contributed by atoms with E-state index in [0.29, 0.717) is 17.6 Å². The van der Waals surface area contributed by atoms with E-state index in [9.17, 15) is 0 Å². The first-order valence-corrected chi connectivity index (χ1v) is 6.15. The number of guanidine groups is 2. The average Bonchev–Trinajstić information content (AvgIpc) is 2.80. The minimum atomic E-state index is -0.141. The monoisotopic (exact) mass is 278 g/mol. The molecule has 0 atom stereocenters. The Morgan fingerprint density at radius 2 is 2.53 bits per heavy atom. The maximum absolute atomic E-state index is 8.40. The summed E-state index contributed by atoms with van der Waals surface area (Å²) < 4.78 is 0. The molecule has 0 spiro atoms. The van der Waals surface area contributed by atoms with E-state index < -0.39 is 0 Å². The zero-order valence-corrected chi connectivity index (χ0v) is 11.1. The van der Waals surface area contributed by atoms with Crippen molar-refractivity contribution >= 4 is 34.5 Å². The lowest BCUT2D eigenvalue weighted by Gasteiger charge is -2.03. The topological polar surface area (TPSA) is 135 Å². The standard InChI is InChI=1S/C10H14N8S/c1-14-9(16-6-11)15-4-2-3-7-5-19-10(17-7)18-8(12)13/h2-3,5H,4H2,1H3,(H2,14,15,16)(H4,12,13,17,18). The van der Waals surface area contributed by atoms with E-state index in [4.69, 9.17) is 16.4 Å². The van der Waals surface area contributed by atoms with Crippen molar-refractivity contribution in [1.29, 1.82) is 10.7 Å². The lowest BCUT2D eigenvalue weighted by Crippen LogP contribution is -2.34. The highest BCUT2D eigenvalue weighted by molar-refractivity contribution is 7.14. The molecule has 0 aromatic carbocycles. The minimum absolute atomic E-state index is 0.141. The average molecular weight is 278 g/mol. The molecule has 19 heavy (non-hydrogen) atoms. The molecule has 0 radical (unpaired) electrons. The third-order valence-corrected chi connectivity index (χ3v) is 2.61. The van der Waals surface area contributed by atoms with Gasteiger partial charge in [-0.15, -0.1) is 16.3 Å². The molecule has 1 rings (SSSR count). The Morgan fingerprint density at radius 1 is 1.74 bits per heavy atom. The number of rotatable bonds is 4. The highest BCUT2D eigenvalue weighted by atomic mass is 32.1. The van der Waals surface area contributed by atoms with Crippen LogP contribution in [0.15, 0.2) is 16.4 Å². The van der Waals surface area contributed by atoms with Crippen LogP contribution in [0.3, 0.4) is 0 Å². The van der Waals surface area contributed by atoms with E-state index in [2.05, 4.69) is 25.9 Å². The summed E-state index contributed by atoms with van der Waals surface area (Å²) in [6.45, 7) is 0.508. The van der Waals surface area contributed by atoms with Gasteiger partial charge >= 0.3 is 0 Å². The molecule has 6 N–H and O–H groups in total. The summed E-state index contributed by atoms with van der Waals surface area (Å²) in [6, 6.07) is 0. The molecule has 9 heteroatoms. The van der Waals surface area contributed by atoms with Gasteiger partial charge in [0, 0.05) is 19.0 Å². The number of hydrogen-bond acceptors (Lipinski definition) is 5. The molecule has 1 aromatic rings. The smallest absolute Gasteiger partial charge is 0.209 e. The second kappa shape index (κ2) is 7.67. The normalized spacial score (nSPS) is 11.1. The van der Waals surface area contributed by atoms with Gasteiger partial charge in [-0.3, -0.25) is 5.41 Å². The number of nitriles is 1. The summed E-state index contributed by atoms with van der Waals surface area (Å²) in [5.74, 6) is 0.266. The predicted octanol–water partition coefficient (Wildman–Crippen LogP) is 0.108. The van der Waals surface area contributed by atoms with E-state index in [1.165, 1.54) is 11.3 Å². The molecule has 0 aliphatic heterocycles. The third kappa shape index (κ3) is 5.51. The number of nitrogens with one attached hydrogen (secondary N) is 4. The van der Waals surface area contributed by atoms with Gasteiger partial charge in [-0.1, -0.05) is 6.08 Å². The lowest BCUT2D eigenvalue weighted by atomic mass is 10.4. The Labute approximate surface area is 114 Å². The molecule has 0 aliphatic carbocycles. The molecule has 0 amide bonds. The highest BCUT2D eigenvalue weighted by Crippen LogP contribution is 2.15. The summed E-state index contributed by atoms with van der Waals surface area (Å²) in [4.78, 5) is 7.73. The fraction of sp³-hybridized carbons (Fsp3) is 0.200. The zero-order chi connectivity index (χ0) is 14.1. The molecule has 8 nitrogen and oxygen atoms in total. The van der Waals surface area contributed by atoms with Crippen molar-refractivity contribution in [2.24, 2.45) is 10.7 Å². The van der Waals surface area contributed by atoms with Crippen LogP contribution >= 0.6 is 11.3 Å². The lowest BCUT2D eigenvalue weighted by molar-refractivity contribution is 0.959. The molecular formula is C10H14N8S. The van der Waals surface area contributed by atoms with Crippen molar-refractivity contribution in [3.8, 4) is 6.19 Å². The van der Waals surface area contributed by atoms with Crippen LogP contribution in [-0.4, -0.2) is 30.5 Å². The summed E-state index contributed by atoms with van der Waals surface area (Å²) in [6.07, 6.45) is 5.34. The van der Waals surface area contributed by atoms with Gasteiger partial charge in [0.15, 0.2) is 11.1 Å². The van der Waals surface area contributed by atoms with Gasteiger partial charge in [-0.25, -0.2) is 4.98 Å². The number of hydrogen-bond donors (Lipinski definition) is 5. The Morgan fingerprint density at radius 3 is 3.16 bits per heavy atom. The van der Waals surface area contributed by atoms with Crippen LogP contribution in [0.2, 0.25) is 0 Å². The Kier molecular flexibility index (Phi) is 5.84.